The van der Waals surface area contributed by atoms with Crippen LogP contribution >= 0.6 is 11.3 Å². The zero-order valence-corrected chi connectivity index (χ0v) is 13.6. The van der Waals surface area contributed by atoms with E-state index in [2.05, 4.69) is 20.4 Å². The zero-order valence-electron chi connectivity index (χ0n) is 12.8. The molecule has 1 aromatic heterocycles. The number of aromatic nitrogens is 1. The number of nitrogens with zero attached hydrogens (tertiary/aromatic N) is 1. The number of carbonyl (C=O) groups is 2. The highest BCUT2D eigenvalue weighted by molar-refractivity contribution is 7.13. The number of nitrogens with one attached hydrogen (secondary N) is 2. The van der Waals surface area contributed by atoms with Gasteiger partial charge < -0.3 is 14.8 Å². The molecule has 1 heterocycles. The Morgan fingerprint density at radius 2 is 1.96 bits per heavy atom. The van der Waals surface area contributed by atoms with Gasteiger partial charge in [-0.2, -0.15) is 0 Å². The third kappa shape index (κ3) is 5.26. The largest absolute Gasteiger partial charge is 0.497 e. The van der Waals surface area contributed by atoms with Gasteiger partial charge in [0.2, 0.25) is 5.91 Å². The standard InChI is InChI=1S/C15H17N3O4S/c1-21-12-5-3-10(4-6-12)8-16-13(19)7-11-9-23-14(17-11)18-15(20)22-2/h3-6,9H,7-8H2,1-2H3,(H,16,19)(H,17,18,20). The van der Waals surface area contributed by atoms with Crippen LogP contribution in [0.1, 0.15) is 11.3 Å². The van der Waals surface area contributed by atoms with Gasteiger partial charge in [-0.05, 0) is 17.7 Å². The van der Waals surface area contributed by atoms with Crippen molar-refractivity contribution in [1.29, 1.82) is 0 Å². The molecule has 0 fully saturated rings. The number of rotatable bonds is 6. The SMILES string of the molecule is COC(=O)Nc1nc(CC(=O)NCc2ccc(OC)cc2)cs1. The summed E-state index contributed by atoms with van der Waals surface area (Å²) in [4.78, 5) is 27.1. The third-order valence-electron chi connectivity index (χ3n) is 2.94. The molecular weight excluding hydrogens is 318 g/mol. The van der Waals surface area contributed by atoms with E-state index in [1.165, 1.54) is 18.4 Å². The highest BCUT2D eigenvalue weighted by Gasteiger charge is 2.09. The summed E-state index contributed by atoms with van der Waals surface area (Å²) in [6.45, 7) is 0.431. The minimum atomic E-state index is -0.588. The Labute approximate surface area is 137 Å². The summed E-state index contributed by atoms with van der Waals surface area (Å²) < 4.78 is 9.56. The predicted molar refractivity (Wildman–Crippen MR) is 86.7 cm³/mol. The second kappa shape index (κ2) is 8.14. The molecule has 0 aliphatic heterocycles. The number of benzene rings is 1. The highest BCUT2D eigenvalue weighted by Crippen LogP contribution is 2.16. The van der Waals surface area contributed by atoms with Crippen molar-refractivity contribution >= 4 is 28.5 Å². The molecule has 0 atom stereocenters. The monoisotopic (exact) mass is 335 g/mol. The van der Waals surface area contributed by atoms with Crippen LogP contribution in [0.5, 0.6) is 5.75 Å². The summed E-state index contributed by atoms with van der Waals surface area (Å²) in [6.07, 6.45) is -0.440. The van der Waals surface area contributed by atoms with Crippen molar-refractivity contribution in [2.75, 3.05) is 19.5 Å². The highest BCUT2D eigenvalue weighted by atomic mass is 32.1. The first kappa shape index (κ1) is 16.8. The normalized spacial score (nSPS) is 10.0. The average Bonchev–Trinajstić information content (AvgIpc) is 3.00. The van der Waals surface area contributed by atoms with E-state index < -0.39 is 6.09 Å². The van der Waals surface area contributed by atoms with E-state index >= 15 is 0 Å². The van der Waals surface area contributed by atoms with Gasteiger partial charge in [0.25, 0.3) is 0 Å². The second-order valence-electron chi connectivity index (χ2n) is 4.56. The van der Waals surface area contributed by atoms with Gasteiger partial charge in [0.15, 0.2) is 5.13 Å². The summed E-state index contributed by atoms with van der Waals surface area (Å²) in [6, 6.07) is 7.46. The Hall–Kier alpha value is -2.61. The number of thiazole rings is 1. The topological polar surface area (TPSA) is 89.5 Å². The van der Waals surface area contributed by atoms with Crippen molar-refractivity contribution in [2.24, 2.45) is 0 Å². The van der Waals surface area contributed by atoms with Crippen molar-refractivity contribution in [3.63, 3.8) is 0 Å². The van der Waals surface area contributed by atoms with Gasteiger partial charge in [0, 0.05) is 11.9 Å². The van der Waals surface area contributed by atoms with E-state index in [1.807, 2.05) is 24.3 Å². The Kier molecular flexibility index (Phi) is 5.93. The molecule has 0 unspecified atom stereocenters. The maximum Gasteiger partial charge on any atom is 0.413 e. The van der Waals surface area contributed by atoms with Gasteiger partial charge in [0.05, 0.1) is 26.3 Å². The molecule has 2 N–H and O–H groups in total. The number of hydrogen-bond donors (Lipinski definition) is 2. The second-order valence-corrected chi connectivity index (χ2v) is 5.42. The van der Waals surface area contributed by atoms with Crippen molar-refractivity contribution in [1.82, 2.24) is 10.3 Å². The molecule has 1 aromatic carbocycles. The molecule has 7 nitrogen and oxygen atoms in total. The van der Waals surface area contributed by atoms with Crippen LogP contribution in [0, 0.1) is 0 Å². The fraction of sp³-hybridized carbons (Fsp3) is 0.267. The number of ether oxygens (including phenoxy) is 2. The first-order valence-electron chi connectivity index (χ1n) is 6.79. The number of carbonyl (C=O) groups excluding carboxylic acids is 2. The van der Waals surface area contributed by atoms with Crippen LogP contribution in [-0.2, 0) is 22.5 Å². The van der Waals surface area contributed by atoms with Crippen LogP contribution in [0.15, 0.2) is 29.6 Å². The number of hydrogen-bond acceptors (Lipinski definition) is 6. The van der Waals surface area contributed by atoms with Crippen LogP contribution < -0.4 is 15.4 Å². The third-order valence-corrected chi connectivity index (χ3v) is 3.74. The molecule has 0 saturated heterocycles. The first-order valence-corrected chi connectivity index (χ1v) is 7.67. The van der Waals surface area contributed by atoms with Crippen LogP contribution in [0.2, 0.25) is 0 Å². The Morgan fingerprint density at radius 1 is 1.22 bits per heavy atom. The van der Waals surface area contributed by atoms with E-state index in [1.54, 1.807) is 12.5 Å². The summed E-state index contributed by atoms with van der Waals surface area (Å²) in [5.41, 5.74) is 1.57. The zero-order chi connectivity index (χ0) is 16.7. The van der Waals surface area contributed by atoms with Crippen molar-refractivity contribution in [3.05, 3.63) is 40.9 Å². The van der Waals surface area contributed by atoms with E-state index in [0.29, 0.717) is 17.4 Å². The van der Waals surface area contributed by atoms with Crippen molar-refractivity contribution in [3.8, 4) is 5.75 Å². The van der Waals surface area contributed by atoms with Gasteiger partial charge in [-0.25, -0.2) is 9.78 Å². The van der Waals surface area contributed by atoms with Gasteiger partial charge in [-0.15, -0.1) is 11.3 Å². The molecule has 2 aromatic rings. The van der Waals surface area contributed by atoms with Gasteiger partial charge >= 0.3 is 6.09 Å². The molecule has 0 aliphatic carbocycles. The van der Waals surface area contributed by atoms with Crippen LogP contribution in [-0.4, -0.2) is 31.2 Å². The Morgan fingerprint density at radius 3 is 2.61 bits per heavy atom. The Balaban J connectivity index is 1.81. The fourth-order valence-electron chi connectivity index (χ4n) is 1.75. The molecule has 0 radical (unpaired) electrons. The lowest BCUT2D eigenvalue weighted by Gasteiger charge is -2.05. The maximum absolute atomic E-state index is 11.9. The lowest BCUT2D eigenvalue weighted by Crippen LogP contribution is -2.24. The molecule has 8 heteroatoms. The summed E-state index contributed by atoms with van der Waals surface area (Å²) in [5, 5.41) is 7.39. The summed E-state index contributed by atoms with van der Waals surface area (Å²) >= 11 is 1.24. The van der Waals surface area contributed by atoms with E-state index in [4.69, 9.17) is 4.74 Å². The molecule has 0 saturated carbocycles. The molecule has 2 rings (SSSR count). The smallest absolute Gasteiger partial charge is 0.413 e. The Bertz CT molecular complexity index is 670. The van der Waals surface area contributed by atoms with Crippen LogP contribution in [0.25, 0.3) is 0 Å². The summed E-state index contributed by atoms with van der Waals surface area (Å²) in [5.74, 6) is 0.629. The van der Waals surface area contributed by atoms with E-state index in [0.717, 1.165) is 11.3 Å². The van der Waals surface area contributed by atoms with Crippen LogP contribution in [0.4, 0.5) is 9.93 Å². The molecule has 0 aliphatic rings. The minimum Gasteiger partial charge on any atom is -0.497 e. The number of methoxy groups -OCH3 is 2. The lowest BCUT2D eigenvalue weighted by molar-refractivity contribution is -0.120. The molecule has 0 spiro atoms. The summed E-state index contributed by atoms with van der Waals surface area (Å²) in [7, 11) is 2.88. The van der Waals surface area contributed by atoms with Crippen molar-refractivity contribution < 1.29 is 19.1 Å². The molecule has 0 bridgehead atoms. The van der Waals surface area contributed by atoms with Crippen molar-refractivity contribution in [2.45, 2.75) is 13.0 Å². The number of amides is 2. The fourth-order valence-corrected chi connectivity index (χ4v) is 2.45. The minimum absolute atomic E-state index is 0.143. The average molecular weight is 335 g/mol. The molecule has 122 valence electrons. The molecule has 2 amide bonds. The van der Waals surface area contributed by atoms with Gasteiger partial charge in [-0.3, -0.25) is 10.1 Å². The number of anilines is 1. The lowest BCUT2D eigenvalue weighted by atomic mass is 10.2. The van der Waals surface area contributed by atoms with Gasteiger partial charge in [-0.1, -0.05) is 12.1 Å². The van der Waals surface area contributed by atoms with Gasteiger partial charge in [0.1, 0.15) is 5.75 Å². The first-order chi connectivity index (χ1) is 11.1. The quantitative estimate of drug-likeness (QED) is 0.844. The van der Waals surface area contributed by atoms with Crippen LogP contribution in [0.3, 0.4) is 0 Å². The maximum atomic E-state index is 11.9. The van der Waals surface area contributed by atoms with E-state index in [-0.39, 0.29) is 12.3 Å². The molecule has 23 heavy (non-hydrogen) atoms. The predicted octanol–water partition coefficient (Wildman–Crippen LogP) is 2.19. The van der Waals surface area contributed by atoms with E-state index in [9.17, 15) is 9.59 Å². The molecular formula is C15H17N3O4S.